The normalized spacial score (nSPS) is 11.1. The lowest BCUT2D eigenvalue weighted by Gasteiger charge is -2.13. The molecular weight excluding hydrogens is 262 g/mol. The Kier molecular flexibility index (Phi) is 5.15. The molecule has 114 valence electrons. The highest BCUT2D eigenvalue weighted by Crippen LogP contribution is 2.21. The van der Waals surface area contributed by atoms with Gasteiger partial charge in [-0.15, -0.1) is 0 Å². The average Bonchev–Trinajstić information content (AvgIpc) is 2.71. The van der Waals surface area contributed by atoms with Gasteiger partial charge in [0.05, 0.1) is 18.0 Å². The van der Waals surface area contributed by atoms with Crippen molar-refractivity contribution in [2.45, 2.75) is 34.2 Å². The summed E-state index contributed by atoms with van der Waals surface area (Å²) >= 11 is 0. The molecule has 0 amide bonds. The topological polar surface area (TPSA) is 39.1 Å². The summed E-state index contributed by atoms with van der Waals surface area (Å²) in [6, 6.07) is 6.52. The highest BCUT2D eigenvalue weighted by atomic mass is 16.5. The number of hydrogen-bond acceptors (Lipinski definition) is 3. The summed E-state index contributed by atoms with van der Waals surface area (Å²) in [4.78, 5) is 0. The van der Waals surface area contributed by atoms with Gasteiger partial charge in [0, 0.05) is 25.9 Å². The van der Waals surface area contributed by atoms with E-state index in [1.807, 2.05) is 0 Å². The molecule has 0 saturated carbocycles. The van der Waals surface area contributed by atoms with Crippen molar-refractivity contribution in [2.75, 3.05) is 20.3 Å². The maximum atomic E-state index is 5.08. The van der Waals surface area contributed by atoms with E-state index >= 15 is 0 Å². The summed E-state index contributed by atoms with van der Waals surface area (Å²) < 4.78 is 7.13. The van der Waals surface area contributed by atoms with E-state index in [9.17, 15) is 0 Å². The second-order valence-electron chi connectivity index (χ2n) is 5.51. The van der Waals surface area contributed by atoms with E-state index in [-0.39, 0.29) is 0 Å². The van der Waals surface area contributed by atoms with Gasteiger partial charge in [0.2, 0.25) is 0 Å². The number of nitrogens with one attached hydrogen (secondary N) is 1. The summed E-state index contributed by atoms with van der Waals surface area (Å²) in [5.41, 5.74) is 7.23. The van der Waals surface area contributed by atoms with E-state index in [0.29, 0.717) is 0 Å². The van der Waals surface area contributed by atoms with Crippen molar-refractivity contribution in [3.63, 3.8) is 0 Å². The molecule has 0 aliphatic rings. The smallest absolute Gasteiger partial charge is 0.0694 e. The Balaban J connectivity index is 2.32. The summed E-state index contributed by atoms with van der Waals surface area (Å²) in [6.45, 7) is 10.8. The van der Waals surface area contributed by atoms with Gasteiger partial charge in [-0.05, 0) is 44.9 Å². The number of methoxy groups -OCH3 is 1. The van der Waals surface area contributed by atoms with Crippen LogP contribution in [0.5, 0.6) is 0 Å². The molecule has 4 nitrogen and oxygen atoms in total. The van der Waals surface area contributed by atoms with E-state index in [1.54, 1.807) is 7.11 Å². The van der Waals surface area contributed by atoms with Crippen molar-refractivity contribution in [3.8, 4) is 5.69 Å². The van der Waals surface area contributed by atoms with Gasteiger partial charge >= 0.3 is 0 Å². The summed E-state index contributed by atoms with van der Waals surface area (Å²) in [6.07, 6.45) is 0. The lowest BCUT2D eigenvalue weighted by molar-refractivity contribution is 0.199. The summed E-state index contributed by atoms with van der Waals surface area (Å²) in [5, 5.41) is 8.09. The Morgan fingerprint density at radius 1 is 1.19 bits per heavy atom. The molecule has 0 spiro atoms. The van der Waals surface area contributed by atoms with Crippen LogP contribution in [0.15, 0.2) is 18.2 Å². The summed E-state index contributed by atoms with van der Waals surface area (Å²) in [7, 11) is 1.72. The highest BCUT2D eigenvalue weighted by molar-refractivity contribution is 5.45. The van der Waals surface area contributed by atoms with E-state index in [2.05, 4.69) is 61.0 Å². The molecule has 2 rings (SSSR count). The van der Waals surface area contributed by atoms with Crippen LogP contribution in [0.25, 0.3) is 5.69 Å². The van der Waals surface area contributed by atoms with E-state index in [1.165, 1.54) is 22.4 Å². The predicted molar refractivity (Wildman–Crippen MR) is 86.1 cm³/mol. The van der Waals surface area contributed by atoms with Crippen LogP contribution in [0.1, 0.15) is 28.1 Å². The summed E-state index contributed by atoms with van der Waals surface area (Å²) in [5.74, 6) is 0. The van der Waals surface area contributed by atoms with Gasteiger partial charge in [0.15, 0.2) is 0 Å². The molecule has 4 heteroatoms. The Labute approximate surface area is 127 Å². The number of ether oxygens (including phenoxy) is 1. The van der Waals surface area contributed by atoms with Crippen LogP contribution in [0, 0.1) is 27.7 Å². The maximum absolute atomic E-state index is 5.08. The molecule has 0 bridgehead atoms. The van der Waals surface area contributed by atoms with Crippen molar-refractivity contribution in [2.24, 2.45) is 0 Å². The molecule has 1 N–H and O–H groups in total. The fourth-order valence-corrected chi connectivity index (χ4v) is 2.42. The van der Waals surface area contributed by atoms with Crippen LogP contribution in [0.4, 0.5) is 0 Å². The van der Waals surface area contributed by atoms with E-state index in [0.717, 1.165) is 31.1 Å². The first-order valence-corrected chi connectivity index (χ1v) is 7.37. The predicted octanol–water partition coefficient (Wildman–Crippen LogP) is 2.84. The molecule has 0 saturated heterocycles. The number of rotatable bonds is 6. The first-order chi connectivity index (χ1) is 10.0. The third-order valence-electron chi connectivity index (χ3n) is 3.91. The Bertz CT molecular complexity index is 617. The van der Waals surface area contributed by atoms with Gasteiger partial charge in [-0.1, -0.05) is 17.7 Å². The van der Waals surface area contributed by atoms with E-state index in [4.69, 9.17) is 4.74 Å². The van der Waals surface area contributed by atoms with Crippen molar-refractivity contribution < 1.29 is 4.74 Å². The Hall–Kier alpha value is -1.65. The average molecular weight is 287 g/mol. The van der Waals surface area contributed by atoms with Crippen molar-refractivity contribution in [1.29, 1.82) is 0 Å². The van der Waals surface area contributed by atoms with Crippen LogP contribution in [0.2, 0.25) is 0 Å². The van der Waals surface area contributed by atoms with E-state index < -0.39 is 0 Å². The number of benzene rings is 1. The zero-order valence-corrected chi connectivity index (χ0v) is 13.7. The SMILES string of the molecule is COCCNCc1cc(C)ccc1-n1nc(C)c(C)c1C. The second-order valence-corrected chi connectivity index (χ2v) is 5.51. The largest absolute Gasteiger partial charge is 0.383 e. The second kappa shape index (κ2) is 6.87. The van der Waals surface area contributed by atoms with Gasteiger partial charge in [0.1, 0.15) is 0 Å². The third kappa shape index (κ3) is 3.52. The Morgan fingerprint density at radius 2 is 1.95 bits per heavy atom. The Morgan fingerprint density at radius 3 is 2.57 bits per heavy atom. The molecule has 0 atom stereocenters. The molecule has 2 aromatic rings. The molecule has 0 aliphatic heterocycles. The van der Waals surface area contributed by atoms with Gasteiger partial charge < -0.3 is 10.1 Å². The fraction of sp³-hybridized carbons (Fsp3) is 0.471. The number of aryl methyl sites for hydroxylation is 2. The number of aromatic nitrogens is 2. The van der Waals surface area contributed by atoms with Crippen molar-refractivity contribution in [3.05, 3.63) is 46.3 Å². The van der Waals surface area contributed by atoms with Crippen LogP contribution < -0.4 is 5.32 Å². The molecule has 1 aromatic carbocycles. The number of nitrogens with zero attached hydrogens (tertiary/aromatic N) is 2. The minimum Gasteiger partial charge on any atom is -0.383 e. The fourth-order valence-electron chi connectivity index (χ4n) is 2.42. The molecule has 1 aromatic heterocycles. The monoisotopic (exact) mass is 287 g/mol. The van der Waals surface area contributed by atoms with Gasteiger partial charge in [-0.2, -0.15) is 5.10 Å². The molecule has 0 unspecified atom stereocenters. The quantitative estimate of drug-likeness (QED) is 0.830. The minimum absolute atomic E-state index is 0.722. The molecule has 0 aliphatic carbocycles. The third-order valence-corrected chi connectivity index (χ3v) is 3.91. The van der Waals surface area contributed by atoms with Crippen LogP contribution in [-0.2, 0) is 11.3 Å². The highest BCUT2D eigenvalue weighted by Gasteiger charge is 2.12. The lowest BCUT2D eigenvalue weighted by atomic mass is 10.1. The minimum atomic E-state index is 0.722. The molecule has 0 fully saturated rings. The van der Waals surface area contributed by atoms with Crippen LogP contribution in [0.3, 0.4) is 0 Å². The van der Waals surface area contributed by atoms with Crippen LogP contribution >= 0.6 is 0 Å². The zero-order chi connectivity index (χ0) is 15.4. The molecular formula is C17H25N3O. The maximum Gasteiger partial charge on any atom is 0.0694 e. The van der Waals surface area contributed by atoms with Crippen LogP contribution in [-0.4, -0.2) is 30.0 Å². The van der Waals surface area contributed by atoms with Crippen molar-refractivity contribution in [1.82, 2.24) is 15.1 Å². The molecule has 1 heterocycles. The first-order valence-electron chi connectivity index (χ1n) is 7.37. The van der Waals surface area contributed by atoms with Gasteiger partial charge in [-0.3, -0.25) is 0 Å². The standard InChI is InChI=1S/C17H25N3O/c1-12-6-7-17(16(10-12)11-18-8-9-21-5)20-15(4)13(2)14(3)19-20/h6-7,10,18H,8-9,11H2,1-5H3. The first kappa shape index (κ1) is 15.7. The number of hydrogen-bond donors (Lipinski definition) is 1. The lowest BCUT2D eigenvalue weighted by Crippen LogP contribution is -2.20. The molecule has 21 heavy (non-hydrogen) atoms. The molecule has 0 radical (unpaired) electrons. The van der Waals surface area contributed by atoms with Gasteiger partial charge in [-0.25, -0.2) is 4.68 Å². The zero-order valence-electron chi connectivity index (χ0n) is 13.7. The van der Waals surface area contributed by atoms with Gasteiger partial charge in [0.25, 0.3) is 0 Å². The van der Waals surface area contributed by atoms with Crippen molar-refractivity contribution >= 4 is 0 Å².